The normalized spacial score (nSPS) is 10.5. The molecule has 3 nitrogen and oxygen atoms in total. The van der Waals surface area contributed by atoms with Gasteiger partial charge in [0.2, 0.25) is 0 Å². The van der Waals surface area contributed by atoms with Crippen molar-refractivity contribution in [3.63, 3.8) is 0 Å². The van der Waals surface area contributed by atoms with Gasteiger partial charge < -0.3 is 14.2 Å². The molecule has 0 N–H and O–H groups in total. The number of benzene rings is 2. The van der Waals surface area contributed by atoms with E-state index < -0.39 is 0 Å². The lowest BCUT2D eigenvalue weighted by atomic mass is 9.91. The van der Waals surface area contributed by atoms with Crippen molar-refractivity contribution in [1.29, 1.82) is 0 Å². The fourth-order valence-corrected chi connectivity index (χ4v) is 3.00. The number of methoxy groups -OCH3 is 3. The van der Waals surface area contributed by atoms with E-state index in [1.807, 2.05) is 12.1 Å². The lowest BCUT2D eigenvalue weighted by molar-refractivity contribution is 0.395. The first-order valence-corrected chi connectivity index (χ1v) is 7.33. The molecule has 0 unspecified atom stereocenters. The summed E-state index contributed by atoms with van der Waals surface area (Å²) < 4.78 is 16.9. The summed E-state index contributed by atoms with van der Waals surface area (Å²) in [6, 6.07) is 6.16. The van der Waals surface area contributed by atoms with Crippen LogP contribution in [0.15, 0.2) is 18.2 Å². The highest BCUT2D eigenvalue weighted by molar-refractivity contribution is 5.83. The van der Waals surface area contributed by atoms with Gasteiger partial charge in [0.05, 0.1) is 21.3 Å². The topological polar surface area (TPSA) is 27.7 Å². The summed E-state index contributed by atoms with van der Waals surface area (Å²) in [6.07, 6.45) is 0. The number of hydrogen-bond donors (Lipinski definition) is 0. The quantitative estimate of drug-likeness (QED) is 0.825. The molecule has 0 aliphatic rings. The third kappa shape index (κ3) is 2.52. The molecule has 0 saturated carbocycles. The summed E-state index contributed by atoms with van der Waals surface area (Å²) >= 11 is 0. The van der Waals surface area contributed by atoms with Crippen LogP contribution in [0.25, 0.3) is 11.1 Å². The Kier molecular flexibility index (Phi) is 4.65. The van der Waals surface area contributed by atoms with Crippen molar-refractivity contribution in [2.75, 3.05) is 21.3 Å². The van der Waals surface area contributed by atoms with Gasteiger partial charge in [-0.25, -0.2) is 0 Å². The Labute approximate surface area is 132 Å². The average molecular weight is 300 g/mol. The van der Waals surface area contributed by atoms with Crippen LogP contribution in [0.5, 0.6) is 17.2 Å². The Morgan fingerprint density at radius 3 is 1.82 bits per heavy atom. The summed E-state index contributed by atoms with van der Waals surface area (Å²) in [6.45, 7) is 8.25. The number of rotatable bonds is 4. The summed E-state index contributed by atoms with van der Waals surface area (Å²) in [7, 11) is 5.10. The molecule has 0 bridgehead atoms. The van der Waals surface area contributed by atoms with Crippen molar-refractivity contribution in [3.8, 4) is 28.4 Å². The fraction of sp³-hybridized carbons (Fsp3) is 0.368. The van der Waals surface area contributed by atoms with Gasteiger partial charge in [-0.2, -0.15) is 0 Å². The van der Waals surface area contributed by atoms with Crippen molar-refractivity contribution < 1.29 is 14.2 Å². The lowest BCUT2D eigenvalue weighted by Crippen LogP contribution is -2.02. The molecule has 2 aromatic carbocycles. The first-order chi connectivity index (χ1) is 10.5. The molecule has 2 rings (SSSR count). The third-order valence-electron chi connectivity index (χ3n) is 4.22. The zero-order valence-corrected chi connectivity index (χ0v) is 14.5. The predicted molar refractivity (Wildman–Crippen MR) is 90.5 cm³/mol. The molecule has 0 aromatic heterocycles. The lowest BCUT2D eigenvalue weighted by Gasteiger charge is -2.22. The van der Waals surface area contributed by atoms with Crippen LogP contribution in [0.1, 0.15) is 22.3 Å². The molecule has 0 aliphatic carbocycles. The van der Waals surface area contributed by atoms with Crippen molar-refractivity contribution in [3.05, 3.63) is 40.5 Å². The number of ether oxygens (including phenoxy) is 3. The smallest absolute Gasteiger partial charge is 0.130 e. The van der Waals surface area contributed by atoms with Gasteiger partial charge in [-0.1, -0.05) is 11.6 Å². The van der Waals surface area contributed by atoms with Gasteiger partial charge in [0.25, 0.3) is 0 Å². The van der Waals surface area contributed by atoms with Crippen molar-refractivity contribution in [2.45, 2.75) is 27.7 Å². The summed E-state index contributed by atoms with van der Waals surface area (Å²) in [4.78, 5) is 0. The molecule has 0 saturated heterocycles. The maximum atomic E-state index is 5.72. The van der Waals surface area contributed by atoms with E-state index in [1.165, 1.54) is 5.56 Å². The van der Waals surface area contributed by atoms with Crippen LogP contribution in [0.2, 0.25) is 0 Å². The highest BCUT2D eigenvalue weighted by Gasteiger charge is 2.22. The first-order valence-electron chi connectivity index (χ1n) is 7.33. The second-order valence-corrected chi connectivity index (χ2v) is 5.52. The van der Waals surface area contributed by atoms with Crippen LogP contribution in [-0.4, -0.2) is 21.3 Å². The standard InChI is InChI=1S/C19H24O3/c1-11-8-9-16(20-5)15(10-11)17-14(4)18(21-6)12(2)13(3)19(17)22-7/h8-10H,1-7H3. The second kappa shape index (κ2) is 6.30. The van der Waals surface area contributed by atoms with E-state index in [0.717, 1.165) is 45.1 Å². The molecule has 0 atom stereocenters. The van der Waals surface area contributed by atoms with Gasteiger partial charge in [-0.05, 0) is 51.0 Å². The predicted octanol–water partition coefficient (Wildman–Crippen LogP) is 4.61. The van der Waals surface area contributed by atoms with E-state index in [-0.39, 0.29) is 0 Å². The zero-order valence-electron chi connectivity index (χ0n) is 14.5. The number of hydrogen-bond acceptors (Lipinski definition) is 3. The van der Waals surface area contributed by atoms with Gasteiger partial charge in [0.1, 0.15) is 17.2 Å². The maximum absolute atomic E-state index is 5.72. The monoisotopic (exact) mass is 300 g/mol. The molecule has 0 amide bonds. The molecule has 118 valence electrons. The molecule has 0 heterocycles. The molecule has 0 aliphatic heterocycles. The molecular formula is C19H24O3. The van der Waals surface area contributed by atoms with Crippen LogP contribution in [0, 0.1) is 27.7 Å². The van der Waals surface area contributed by atoms with Crippen LogP contribution in [0.4, 0.5) is 0 Å². The van der Waals surface area contributed by atoms with Gasteiger partial charge >= 0.3 is 0 Å². The average Bonchev–Trinajstić information content (AvgIpc) is 2.51. The van der Waals surface area contributed by atoms with Gasteiger partial charge in [0, 0.05) is 16.7 Å². The largest absolute Gasteiger partial charge is 0.496 e. The van der Waals surface area contributed by atoms with Gasteiger partial charge in [-0.15, -0.1) is 0 Å². The van der Waals surface area contributed by atoms with Crippen LogP contribution >= 0.6 is 0 Å². The molecule has 0 spiro atoms. The molecular weight excluding hydrogens is 276 g/mol. The molecule has 3 heteroatoms. The first kappa shape index (κ1) is 16.2. The molecule has 2 aromatic rings. The second-order valence-electron chi connectivity index (χ2n) is 5.52. The summed E-state index contributed by atoms with van der Waals surface area (Å²) in [5.41, 5.74) is 6.48. The number of aryl methyl sites for hydroxylation is 1. The minimum Gasteiger partial charge on any atom is -0.496 e. The SMILES string of the molecule is COc1ccc(C)cc1-c1c(C)c(OC)c(C)c(C)c1OC. The van der Waals surface area contributed by atoms with E-state index in [2.05, 4.69) is 33.8 Å². The fourth-order valence-electron chi connectivity index (χ4n) is 3.00. The van der Waals surface area contributed by atoms with Gasteiger partial charge in [0.15, 0.2) is 0 Å². The van der Waals surface area contributed by atoms with E-state index in [4.69, 9.17) is 14.2 Å². The summed E-state index contributed by atoms with van der Waals surface area (Å²) in [5, 5.41) is 0. The Bertz CT molecular complexity index is 703. The minimum atomic E-state index is 0.831. The Balaban J connectivity index is 2.91. The Morgan fingerprint density at radius 1 is 0.682 bits per heavy atom. The minimum absolute atomic E-state index is 0.831. The third-order valence-corrected chi connectivity index (χ3v) is 4.22. The van der Waals surface area contributed by atoms with E-state index in [1.54, 1.807) is 21.3 Å². The Morgan fingerprint density at radius 2 is 1.27 bits per heavy atom. The Hall–Kier alpha value is -2.16. The van der Waals surface area contributed by atoms with Crippen LogP contribution < -0.4 is 14.2 Å². The van der Waals surface area contributed by atoms with Crippen molar-refractivity contribution in [1.82, 2.24) is 0 Å². The van der Waals surface area contributed by atoms with E-state index in [9.17, 15) is 0 Å². The molecule has 0 radical (unpaired) electrons. The molecule has 0 fully saturated rings. The van der Waals surface area contributed by atoms with E-state index >= 15 is 0 Å². The van der Waals surface area contributed by atoms with Crippen molar-refractivity contribution in [2.24, 2.45) is 0 Å². The van der Waals surface area contributed by atoms with E-state index in [0.29, 0.717) is 0 Å². The van der Waals surface area contributed by atoms with Crippen LogP contribution in [0.3, 0.4) is 0 Å². The molecule has 22 heavy (non-hydrogen) atoms. The summed E-state index contributed by atoms with van der Waals surface area (Å²) in [5.74, 6) is 2.61. The zero-order chi connectivity index (χ0) is 16.4. The van der Waals surface area contributed by atoms with Gasteiger partial charge in [-0.3, -0.25) is 0 Å². The highest BCUT2D eigenvalue weighted by atomic mass is 16.5. The maximum Gasteiger partial charge on any atom is 0.130 e. The van der Waals surface area contributed by atoms with Crippen molar-refractivity contribution >= 4 is 0 Å². The highest BCUT2D eigenvalue weighted by Crippen LogP contribution is 2.46. The van der Waals surface area contributed by atoms with Crippen LogP contribution in [-0.2, 0) is 0 Å².